The molecule has 176 valence electrons. The van der Waals surface area contributed by atoms with E-state index in [1.807, 2.05) is 91.0 Å². The SMILES string of the molecule is COC(=O)[C@@](Nc1ccccc1)(c1ccccc1)[C@@H](Nc1ccccc1)c1ccc([N+](=O)[O-])cc1. The molecule has 0 aromatic heterocycles. The molecule has 0 saturated carbocycles. The van der Waals surface area contributed by atoms with Crippen molar-refractivity contribution in [2.75, 3.05) is 17.7 Å². The van der Waals surface area contributed by atoms with Gasteiger partial charge in [0.1, 0.15) is 0 Å². The Bertz CT molecular complexity index is 1270. The number of nitrogens with one attached hydrogen (secondary N) is 2. The number of ether oxygens (including phenoxy) is 1. The highest BCUT2D eigenvalue weighted by Crippen LogP contribution is 2.42. The van der Waals surface area contributed by atoms with E-state index in [0.29, 0.717) is 16.8 Å². The lowest BCUT2D eigenvalue weighted by atomic mass is 9.78. The van der Waals surface area contributed by atoms with Crippen LogP contribution in [0.4, 0.5) is 17.1 Å². The summed E-state index contributed by atoms with van der Waals surface area (Å²) in [6, 6.07) is 33.6. The monoisotopic (exact) mass is 467 g/mol. The van der Waals surface area contributed by atoms with Gasteiger partial charge in [-0.15, -0.1) is 0 Å². The third kappa shape index (κ3) is 4.99. The molecule has 0 aliphatic heterocycles. The lowest BCUT2D eigenvalue weighted by Gasteiger charge is -2.41. The Morgan fingerprint density at radius 1 is 0.800 bits per heavy atom. The predicted molar refractivity (Wildman–Crippen MR) is 136 cm³/mol. The van der Waals surface area contributed by atoms with Gasteiger partial charge in [-0.3, -0.25) is 10.1 Å². The standard InChI is InChI=1S/C28H25N3O4/c1-35-27(32)28(22-11-5-2-6-12-22,30-24-15-9-4-10-16-24)26(29-23-13-7-3-8-14-23)21-17-19-25(20-18-21)31(33)34/h2-20,26,29-30H,1H3/t26-,28+/m0/s1. The molecule has 0 amide bonds. The Morgan fingerprint density at radius 2 is 1.31 bits per heavy atom. The first-order valence-corrected chi connectivity index (χ1v) is 11.1. The Hall–Kier alpha value is -4.65. The van der Waals surface area contributed by atoms with E-state index in [1.165, 1.54) is 19.2 Å². The summed E-state index contributed by atoms with van der Waals surface area (Å²) < 4.78 is 5.39. The number of carbonyl (C=O) groups is 1. The highest BCUT2D eigenvalue weighted by molar-refractivity contribution is 5.88. The Kier molecular flexibility index (Phi) is 7.07. The second-order valence-corrected chi connectivity index (χ2v) is 7.95. The van der Waals surface area contributed by atoms with Crippen molar-refractivity contribution >= 4 is 23.0 Å². The quantitative estimate of drug-likeness (QED) is 0.180. The number of nitro benzene ring substituents is 1. The number of esters is 1. The molecule has 0 aliphatic rings. The zero-order valence-electron chi connectivity index (χ0n) is 19.1. The fourth-order valence-electron chi connectivity index (χ4n) is 4.14. The van der Waals surface area contributed by atoms with E-state index in [1.54, 1.807) is 12.1 Å². The summed E-state index contributed by atoms with van der Waals surface area (Å²) in [5, 5.41) is 18.2. The van der Waals surface area contributed by atoms with Crippen LogP contribution in [-0.2, 0) is 15.1 Å². The van der Waals surface area contributed by atoms with Gasteiger partial charge in [0.15, 0.2) is 5.54 Å². The second-order valence-electron chi connectivity index (χ2n) is 7.95. The molecule has 4 aromatic carbocycles. The first-order chi connectivity index (χ1) is 17.0. The molecule has 4 rings (SSSR count). The molecule has 35 heavy (non-hydrogen) atoms. The van der Waals surface area contributed by atoms with Crippen molar-refractivity contribution in [1.29, 1.82) is 0 Å². The van der Waals surface area contributed by atoms with Crippen LogP contribution in [0.5, 0.6) is 0 Å². The van der Waals surface area contributed by atoms with Crippen molar-refractivity contribution in [3.63, 3.8) is 0 Å². The van der Waals surface area contributed by atoms with Gasteiger partial charge >= 0.3 is 5.97 Å². The molecule has 0 bridgehead atoms. The number of rotatable bonds is 9. The van der Waals surface area contributed by atoms with E-state index in [-0.39, 0.29) is 5.69 Å². The number of nitro groups is 1. The van der Waals surface area contributed by atoms with Crippen molar-refractivity contribution in [2.45, 2.75) is 11.6 Å². The van der Waals surface area contributed by atoms with Gasteiger partial charge in [0, 0.05) is 23.5 Å². The number of benzene rings is 4. The molecule has 2 N–H and O–H groups in total. The summed E-state index contributed by atoms with van der Waals surface area (Å²) in [4.78, 5) is 24.6. The molecule has 7 nitrogen and oxygen atoms in total. The summed E-state index contributed by atoms with van der Waals surface area (Å²) in [6.45, 7) is 0. The molecular formula is C28H25N3O4. The predicted octanol–water partition coefficient (Wildman–Crippen LogP) is 5.93. The fraction of sp³-hybridized carbons (Fsp3) is 0.107. The van der Waals surface area contributed by atoms with Crippen LogP contribution in [-0.4, -0.2) is 18.0 Å². The van der Waals surface area contributed by atoms with Crippen LogP contribution in [0, 0.1) is 10.1 Å². The maximum absolute atomic E-state index is 13.8. The first-order valence-electron chi connectivity index (χ1n) is 11.1. The molecule has 0 spiro atoms. The van der Waals surface area contributed by atoms with Crippen molar-refractivity contribution in [3.8, 4) is 0 Å². The molecule has 0 unspecified atom stereocenters. The number of anilines is 2. The van der Waals surface area contributed by atoms with Crippen molar-refractivity contribution < 1.29 is 14.5 Å². The minimum absolute atomic E-state index is 0.0355. The van der Waals surface area contributed by atoms with Gasteiger partial charge < -0.3 is 15.4 Å². The lowest BCUT2D eigenvalue weighted by Crippen LogP contribution is -2.51. The van der Waals surface area contributed by atoms with Crippen molar-refractivity contribution in [3.05, 3.63) is 137 Å². The zero-order chi connectivity index (χ0) is 24.7. The van der Waals surface area contributed by atoms with Crippen LogP contribution in [0.1, 0.15) is 17.2 Å². The van der Waals surface area contributed by atoms with Crippen LogP contribution >= 0.6 is 0 Å². The van der Waals surface area contributed by atoms with E-state index in [4.69, 9.17) is 4.74 Å². The number of hydrogen-bond acceptors (Lipinski definition) is 6. The largest absolute Gasteiger partial charge is 0.467 e. The number of non-ortho nitro benzene ring substituents is 1. The summed E-state index contributed by atoms with van der Waals surface area (Å²) in [7, 11) is 1.35. The lowest BCUT2D eigenvalue weighted by molar-refractivity contribution is -0.384. The Labute approximate surface area is 203 Å². The van der Waals surface area contributed by atoms with E-state index < -0.39 is 22.5 Å². The van der Waals surface area contributed by atoms with E-state index in [2.05, 4.69) is 10.6 Å². The Balaban J connectivity index is 1.97. The van der Waals surface area contributed by atoms with Gasteiger partial charge in [-0.25, -0.2) is 4.79 Å². The van der Waals surface area contributed by atoms with Crippen LogP contribution in [0.15, 0.2) is 115 Å². The maximum Gasteiger partial charge on any atom is 0.338 e. The van der Waals surface area contributed by atoms with Crippen LogP contribution in [0.2, 0.25) is 0 Å². The zero-order valence-corrected chi connectivity index (χ0v) is 19.1. The highest BCUT2D eigenvalue weighted by atomic mass is 16.6. The second kappa shape index (κ2) is 10.5. The minimum Gasteiger partial charge on any atom is -0.467 e. The fourth-order valence-corrected chi connectivity index (χ4v) is 4.14. The number of carbonyl (C=O) groups excluding carboxylic acids is 1. The van der Waals surface area contributed by atoms with E-state index in [0.717, 1.165) is 5.69 Å². The van der Waals surface area contributed by atoms with Crippen molar-refractivity contribution in [1.82, 2.24) is 0 Å². The number of hydrogen-bond donors (Lipinski definition) is 2. The van der Waals surface area contributed by atoms with E-state index in [9.17, 15) is 14.9 Å². The number of para-hydroxylation sites is 2. The van der Waals surface area contributed by atoms with Gasteiger partial charge in [-0.1, -0.05) is 78.9 Å². The average molecular weight is 468 g/mol. The summed E-state index contributed by atoms with van der Waals surface area (Å²) in [5.41, 5.74) is 1.35. The Morgan fingerprint density at radius 3 is 1.83 bits per heavy atom. The normalized spacial score (nSPS) is 13.2. The molecule has 7 heteroatoms. The van der Waals surface area contributed by atoms with Gasteiger partial charge in [0.25, 0.3) is 5.69 Å². The maximum atomic E-state index is 13.8. The molecule has 0 radical (unpaired) electrons. The third-order valence-corrected chi connectivity index (χ3v) is 5.81. The van der Waals surface area contributed by atoms with Crippen LogP contribution in [0.25, 0.3) is 0 Å². The molecule has 0 heterocycles. The number of methoxy groups -OCH3 is 1. The third-order valence-electron chi connectivity index (χ3n) is 5.81. The highest BCUT2D eigenvalue weighted by Gasteiger charge is 2.50. The minimum atomic E-state index is -1.43. The van der Waals surface area contributed by atoms with Gasteiger partial charge in [0.05, 0.1) is 18.1 Å². The molecular weight excluding hydrogens is 442 g/mol. The topological polar surface area (TPSA) is 93.5 Å². The molecule has 2 atom stereocenters. The summed E-state index contributed by atoms with van der Waals surface area (Å²) in [5.74, 6) is -0.515. The molecule has 0 saturated heterocycles. The van der Waals surface area contributed by atoms with Crippen LogP contribution < -0.4 is 10.6 Å². The van der Waals surface area contributed by atoms with Gasteiger partial charge in [-0.05, 0) is 35.4 Å². The number of nitrogens with zero attached hydrogens (tertiary/aromatic N) is 1. The first kappa shape index (κ1) is 23.5. The molecule has 0 aliphatic carbocycles. The average Bonchev–Trinajstić information content (AvgIpc) is 2.92. The van der Waals surface area contributed by atoms with E-state index >= 15 is 0 Å². The van der Waals surface area contributed by atoms with Crippen LogP contribution in [0.3, 0.4) is 0 Å². The molecule has 0 fully saturated rings. The van der Waals surface area contributed by atoms with Gasteiger partial charge in [0.2, 0.25) is 0 Å². The molecule has 4 aromatic rings. The summed E-state index contributed by atoms with van der Waals surface area (Å²) in [6.07, 6.45) is 0. The van der Waals surface area contributed by atoms with Gasteiger partial charge in [-0.2, -0.15) is 0 Å². The van der Waals surface area contributed by atoms with Crippen molar-refractivity contribution in [2.24, 2.45) is 0 Å². The smallest absolute Gasteiger partial charge is 0.338 e. The summed E-state index contributed by atoms with van der Waals surface area (Å²) >= 11 is 0.